The smallest absolute Gasteiger partial charge is 0.152 e. The summed E-state index contributed by atoms with van der Waals surface area (Å²) in [6.07, 6.45) is 2.53. The predicted molar refractivity (Wildman–Crippen MR) is 55.8 cm³/mol. The van der Waals surface area contributed by atoms with Crippen LogP contribution in [0.2, 0.25) is 0 Å². The predicted octanol–water partition coefficient (Wildman–Crippen LogP) is 1.49. The van der Waals surface area contributed by atoms with E-state index in [9.17, 15) is 4.79 Å². The first-order chi connectivity index (χ1) is 6.63. The van der Waals surface area contributed by atoms with E-state index in [-0.39, 0.29) is 5.75 Å². The number of aldehydes is 1. The number of carbonyl (C=O) groups is 1. The van der Waals surface area contributed by atoms with Gasteiger partial charge >= 0.3 is 0 Å². The number of hydrogen-bond acceptors (Lipinski definition) is 3. The van der Waals surface area contributed by atoms with Gasteiger partial charge in [-0.05, 0) is 17.7 Å². The summed E-state index contributed by atoms with van der Waals surface area (Å²) >= 11 is 0. The summed E-state index contributed by atoms with van der Waals surface area (Å²) < 4.78 is 0. The zero-order valence-corrected chi connectivity index (χ0v) is 8.27. The molecule has 0 heterocycles. The molecule has 0 amide bonds. The zero-order chi connectivity index (χ0) is 10.6. The quantitative estimate of drug-likeness (QED) is 0.581. The van der Waals surface area contributed by atoms with E-state index in [2.05, 4.69) is 0 Å². The highest BCUT2D eigenvalue weighted by Crippen LogP contribution is 2.16. The fourth-order valence-corrected chi connectivity index (χ4v) is 1.11. The second-order valence-electron chi connectivity index (χ2n) is 3.21. The molecule has 0 aliphatic carbocycles. The van der Waals surface area contributed by atoms with Crippen molar-refractivity contribution in [3.8, 4) is 5.75 Å². The van der Waals surface area contributed by atoms with Crippen molar-refractivity contribution in [2.24, 2.45) is 0 Å². The molecule has 3 nitrogen and oxygen atoms in total. The molecule has 0 aliphatic heterocycles. The minimum absolute atomic E-state index is 0.198. The average molecular weight is 191 g/mol. The Kier molecular flexibility index (Phi) is 3.29. The molecule has 1 rings (SSSR count). The maximum absolute atomic E-state index is 10.8. The van der Waals surface area contributed by atoms with Crippen LogP contribution in [-0.2, 0) is 4.79 Å². The second-order valence-corrected chi connectivity index (χ2v) is 3.21. The Balaban J connectivity index is 3.01. The van der Waals surface area contributed by atoms with Crippen LogP contribution in [0.15, 0.2) is 30.5 Å². The van der Waals surface area contributed by atoms with Crippen molar-refractivity contribution < 1.29 is 9.90 Å². The van der Waals surface area contributed by atoms with Crippen LogP contribution < -0.4 is 0 Å². The van der Waals surface area contributed by atoms with E-state index in [0.29, 0.717) is 5.57 Å². The van der Waals surface area contributed by atoms with Crippen molar-refractivity contribution in [3.63, 3.8) is 0 Å². The van der Waals surface area contributed by atoms with Crippen molar-refractivity contribution in [2.45, 2.75) is 0 Å². The number of carbonyl (C=O) groups excluding carboxylic acids is 1. The number of nitrogens with zero attached hydrogens (tertiary/aromatic N) is 1. The third-order valence-corrected chi connectivity index (χ3v) is 1.72. The van der Waals surface area contributed by atoms with Crippen LogP contribution in [0.1, 0.15) is 5.56 Å². The highest BCUT2D eigenvalue weighted by atomic mass is 16.3. The van der Waals surface area contributed by atoms with Gasteiger partial charge in [-0.25, -0.2) is 0 Å². The van der Waals surface area contributed by atoms with E-state index >= 15 is 0 Å². The molecule has 3 heteroatoms. The molecule has 0 aromatic heterocycles. The molecular formula is C11H13NO2. The summed E-state index contributed by atoms with van der Waals surface area (Å²) in [5.41, 5.74) is 1.39. The number of phenolic OH excluding ortho intramolecular Hbond substituents is 1. The SMILES string of the molecule is CN(C)/C=C(\C=O)c1ccc(O)cc1. The topological polar surface area (TPSA) is 40.5 Å². The Morgan fingerprint density at radius 3 is 2.29 bits per heavy atom. The van der Waals surface area contributed by atoms with E-state index in [1.807, 2.05) is 14.1 Å². The summed E-state index contributed by atoms with van der Waals surface area (Å²) in [5.74, 6) is 0.198. The zero-order valence-electron chi connectivity index (χ0n) is 8.27. The molecule has 0 saturated carbocycles. The largest absolute Gasteiger partial charge is 0.508 e. The lowest BCUT2D eigenvalue weighted by atomic mass is 10.1. The lowest BCUT2D eigenvalue weighted by Crippen LogP contribution is -2.03. The minimum Gasteiger partial charge on any atom is -0.508 e. The molecule has 0 bridgehead atoms. The first kappa shape index (κ1) is 10.3. The van der Waals surface area contributed by atoms with Gasteiger partial charge in [0.1, 0.15) is 5.75 Å². The first-order valence-corrected chi connectivity index (χ1v) is 4.26. The Hall–Kier alpha value is -1.77. The number of aromatic hydroxyl groups is 1. The fourth-order valence-electron chi connectivity index (χ4n) is 1.11. The van der Waals surface area contributed by atoms with Crippen molar-refractivity contribution in [1.82, 2.24) is 4.90 Å². The van der Waals surface area contributed by atoms with E-state index in [0.717, 1.165) is 11.8 Å². The molecule has 0 unspecified atom stereocenters. The number of allylic oxidation sites excluding steroid dienone is 1. The average Bonchev–Trinajstić information content (AvgIpc) is 2.15. The van der Waals surface area contributed by atoms with Crippen LogP contribution in [0, 0.1) is 0 Å². The highest BCUT2D eigenvalue weighted by molar-refractivity contribution is 6.06. The fraction of sp³-hybridized carbons (Fsp3) is 0.182. The molecule has 1 aromatic carbocycles. The van der Waals surface area contributed by atoms with Crippen LogP contribution in [0.4, 0.5) is 0 Å². The molecule has 0 radical (unpaired) electrons. The lowest BCUT2D eigenvalue weighted by Gasteiger charge is -2.07. The van der Waals surface area contributed by atoms with Gasteiger partial charge in [-0.15, -0.1) is 0 Å². The summed E-state index contributed by atoms with van der Waals surface area (Å²) in [5, 5.41) is 9.07. The summed E-state index contributed by atoms with van der Waals surface area (Å²) in [7, 11) is 3.70. The number of benzene rings is 1. The van der Waals surface area contributed by atoms with Crippen LogP contribution in [0.25, 0.3) is 5.57 Å². The van der Waals surface area contributed by atoms with Crippen LogP contribution in [-0.4, -0.2) is 30.4 Å². The third-order valence-electron chi connectivity index (χ3n) is 1.72. The summed E-state index contributed by atoms with van der Waals surface area (Å²) in [6, 6.07) is 6.53. The maximum atomic E-state index is 10.8. The van der Waals surface area contributed by atoms with Crippen LogP contribution in [0.5, 0.6) is 5.75 Å². The number of hydrogen-bond donors (Lipinski definition) is 1. The van der Waals surface area contributed by atoms with Crippen molar-refractivity contribution in [3.05, 3.63) is 36.0 Å². The van der Waals surface area contributed by atoms with Crippen LogP contribution in [0.3, 0.4) is 0 Å². The second kappa shape index (κ2) is 4.46. The summed E-state index contributed by atoms with van der Waals surface area (Å²) in [6.45, 7) is 0. The van der Waals surface area contributed by atoms with Gasteiger partial charge in [-0.1, -0.05) is 12.1 Å². The maximum Gasteiger partial charge on any atom is 0.152 e. The molecule has 14 heavy (non-hydrogen) atoms. The lowest BCUT2D eigenvalue weighted by molar-refractivity contribution is -0.103. The van der Waals surface area contributed by atoms with Gasteiger partial charge in [0.05, 0.1) is 0 Å². The molecule has 1 N–H and O–H groups in total. The third kappa shape index (κ3) is 2.62. The number of rotatable bonds is 3. The van der Waals surface area contributed by atoms with Gasteiger partial charge in [-0.3, -0.25) is 4.79 Å². The molecule has 0 atom stereocenters. The molecule has 0 fully saturated rings. The van der Waals surface area contributed by atoms with E-state index < -0.39 is 0 Å². The molecule has 0 spiro atoms. The van der Waals surface area contributed by atoms with Gasteiger partial charge in [0.15, 0.2) is 6.29 Å². The van der Waals surface area contributed by atoms with Crippen molar-refractivity contribution in [1.29, 1.82) is 0 Å². The molecule has 0 saturated heterocycles. The van der Waals surface area contributed by atoms with Crippen LogP contribution >= 0.6 is 0 Å². The van der Waals surface area contributed by atoms with E-state index in [1.165, 1.54) is 0 Å². The normalized spacial score (nSPS) is 11.1. The molecule has 1 aromatic rings. The van der Waals surface area contributed by atoms with Gasteiger partial charge < -0.3 is 10.0 Å². The highest BCUT2D eigenvalue weighted by Gasteiger charge is 2.00. The molecule has 0 aliphatic rings. The van der Waals surface area contributed by atoms with Crippen molar-refractivity contribution >= 4 is 11.9 Å². The van der Waals surface area contributed by atoms with Gasteiger partial charge in [0.25, 0.3) is 0 Å². The summed E-state index contributed by atoms with van der Waals surface area (Å²) in [4.78, 5) is 12.6. The molecular weight excluding hydrogens is 178 g/mol. The molecule has 74 valence electrons. The number of phenols is 1. The van der Waals surface area contributed by atoms with Crippen molar-refractivity contribution in [2.75, 3.05) is 14.1 Å². The van der Waals surface area contributed by atoms with Gasteiger partial charge in [0.2, 0.25) is 0 Å². The minimum atomic E-state index is 0.198. The monoisotopic (exact) mass is 191 g/mol. The Morgan fingerprint density at radius 2 is 1.86 bits per heavy atom. The first-order valence-electron chi connectivity index (χ1n) is 4.26. The Morgan fingerprint density at radius 1 is 1.29 bits per heavy atom. The van der Waals surface area contributed by atoms with E-state index in [4.69, 9.17) is 5.11 Å². The Bertz CT molecular complexity index is 339. The Labute approximate surface area is 83.3 Å². The van der Waals surface area contributed by atoms with Gasteiger partial charge in [-0.2, -0.15) is 0 Å². The van der Waals surface area contributed by atoms with Gasteiger partial charge in [0, 0.05) is 25.9 Å². The van der Waals surface area contributed by atoms with E-state index in [1.54, 1.807) is 35.4 Å². The standard InChI is InChI=1S/C11H13NO2/c1-12(2)7-10(8-13)9-3-5-11(14)6-4-9/h3-8,14H,1-2H3/b10-7+.